The minimum absolute atomic E-state index is 0.0394. The van der Waals surface area contributed by atoms with Crippen molar-refractivity contribution in [3.05, 3.63) is 35.6 Å². The van der Waals surface area contributed by atoms with E-state index in [1.807, 2.05) is 6.92 Å². The largest absolute Gasteiger partial charge is 0.337 e. The van der Waals surface area contributed by atoms with Gasteiger partial charge in [0.15, 0.2) is 0 Å². The van der Waals surface area contributed by atoms with Crippen molar-refractivity contribution in [3.63, 3.8) is 0 Å². The number of likely N-dealkylation sites (N-methyl/N-ethyl adjacent to an activating group) is 1. The number of hydrogen-bond acceptors (Lipinski definition) is 2. The van der Waals surface area contributed by atoms with E-state index < -0.39 is 0 Å². The standard InChI is InChI=1S/C11H15FN2O/c1-2-14(11(15)7-13)8-9-5-3-4-6-10(9)12/h3-6H,2,7-8,13H2,1H3. The van der Waals surface area contributed by atoms with Crippen molar-refractivity contribution in [2.45, 2.75) is 13.5 Å². The van der Waals surface area contributed by atoms with Crippen molar-refractivity contribution in [3.8, 4) is 0 Å². The lowest BCUT2D eigenvalue weighted by Gasteiger charge is -2.20. The first kappa shape index (κ1) is 11.7. The van der Waals surface area contributed by atoms with E-state index in [0.29, 0.717) is 12.1 Å². The maximum atomic E-state index is 13.3. The van der Waals surface area contributed by atoms with E-state index in [9.17, 15) is 9.18 Å². The van der Waals surface area contributed by atoms with Crippen LogP contribution in [0.5, 0.6) is 0 Å². The van der Waals surface area contributed by atoms with Gasteiger partial charge in [-0.25, -0.2) is 4.39 Å². The summed E-state index contributed by atoms with van der Waals surface area (Å²) in [6.45, 7) is 2.61. The van der Waals surface area contributed by atoms with Crippen LogP contribution in [0.2, 0.25) is 0 Å². The molecule has 15 heavy (non-hydrogen) atoms. The maximum Gasteiger partial charge on any atom is 0.236 e. The van der Waals surface area contributed by atoms with Crippen molar-refractivity contribution in [1.82, 2.24) is 4.90 Å². The summed E-state index contributed by atoms with van der Waals surface area (Å²) in [4.78, 5) is 12.9. The van der Waals surface area contributed by atoms with E-state index in [0.717, 1.165) is 0 Å². The number of nitrogens with two attached hydrogens (primary N) is 1. The van der Waals surface area contributed by atoms with Crippen molar-refractivity contribution >= 4 is 5.91 Å². The van der Waals surface area contributed by atoms with Gasteiger partial charge in [-0.1, -0.05) is 18.2 Å². The fourth-order valence-electron chi connectivity index (χ4n) is 1.34. The van der Waals surface area contributed by atoms with Crippen LogP contribution in [0, 0.1) is 5.82 Å². The molecule has 0 spiro atoms. The quantitative estimate of drug-likeness (QED) is 0.809. The molecule has 0 aliphatic carbocycles. The zero-order chi connectivity index (χ0) is 11.3. The molecule has 0 saturated carbocycles. The van der Waals surface area contributed by atoms with Gasteiger partial charge in [-0.3, -0.25) is 4.79 Å². The monoisotopic (exact) mass is 210 g/mol. The normalized spacial score (nSPS) is 10.1. The van der Waals surface area contributed by atoms with Crippen molar-refractivity contribution < 1.29 is 9.18 Å². The first-order valence-electron chi connectivity index (χ1n) is 4.90. The lowest BCUT2D eigenvalue weighted by molar-refractivity contribution is -0.130. The van der Waals surface area contributed by atoms with Gasteiger partial charge in [0, 0.05) is 18.7 Å². The Morgan fingerprint density at radius 2 is 2.13 bits per heavy atom. The van der Waals surface area contributed by atoms with Crippen LogP contribution in [0.15, 0.2) is 24.3 Å². The van der Waals surface area contributed by atoms with E-state index in [1.54, 1.807) is 18.2 Å². The van der Waals surface area contributed by atoms with E-state index in [4.69, 9.17) is 5.73 Å². The Labute approximate surface area is 88.7 Å². The second-order valence-corrected chi connectivity index (χ2v) is 3.20. The van der Waals surface area contributed by atoms with Crippen molar-refractivity contribution in [1.29, 1.82) is 0 Å². The maximum absolute atomic E-state index is 13.3. The first-order valence-corrected chi connectivity index (χ1v) is 4.90. The van der Waals surface area contributed by atoms with Gasteiger partial charge < -0.3 is 10.6 Å². The minimum Gasteiger partial charge on any atom is -0.337 e. The number of benzene rings is 1. The molecular formula is C11H15FN2O. The topological polar surface area (TPSA) is 46.3 Å². The molecule has 0 aliphatic rings. The van der Waals surface area contributed by atoms with Gasteiger partial charge >= 0.3 is 0 Å². The molecule has 1 rings (SSSR count). The smallest absolute Gasteiger partial charge is 0.236 e. The van der Waals surface area contributed by atoms with Gasteiger partial charge in [-0.15, -0.1) is 0 Å². The zero-order valence-corrected chi connectivity index (χ0v) is 8.74. The summed E-state index contributed by atoms with van der Waals surface area (Å²) in [5.74, 6) is -0.457. The number of hydrogen-bond donors (Lipinski definition) is 1. The predicted octanol–water partition coefficient (Wildman–Crippen LogP) is 1.13. The molecular weight excluding hydrogens is 195 g/mol. The predicted molar refractivity (Wildman–Crippen MR) is 56.5 cm³/mol. The third kappa shape index (κ3) is 3.02. The van der Waals surface area contributed by atoms with Gasteiger partial charge in [0.2, 0.25) is 5.91 Å². The molecule has 0 bridgehead atoms. The van der Waals surface area contributed by atoms with E-state index in [-0.39, 0.29) is 24.8 Å². The molecule has 0 aromatic heterocycles. The molecule has 0 fully saturated rings. The summed E-state index contributed by atoms with van der Waals surface area (Å²) in [7, 11) is 0. The molecule has 0 saturated heterocycles. The average Bonchev–Trinajstić information content (AvgIpc) is 2.27. The van der Waals surface area contributed by atoms with Crippen LogP contribution in [0.1, 0.15) is 12.5 Å². The SMILES string of the molecule is CCN(Cc1ccccc1F)C(=O)CN. The summed E-state index contributed by atoms with van der Waals surface area (Å²) in [5, 5.41) is 0. The van der Waals surface area contributed by atoms with Crippen LogP contribution in [-0.4, -0.2) is 23.9 Å². The first-order chi connectivity index (χ1) is 7.19. The van der Waals surface area contributed by atoms with Crippen LogP contribution in [0.25, 0.3) is 0 Å². The summed E-state index contributed by atoms with van der Waals surface area (Å²) < 4.78 is 13.3. The van der Waals surface area contributed by atoms with Crippen LogP contribution >= 0.6 is 0 Å². The lowest BCUT2D eigenvalue weighted by Crippen LogP contribution is -2.35. The van der Waals surface area contributed by atoms with Crippen LogP contribution in [-0.2, 0) is 11.3 Å². The van der Waals surface area contributed by atoms with E-state index in [2.05, 4.69) is 0 Å². The van der Waals surface area contributed by atoms with Crippen LogP contribution in [0.4, 0.5) is 4.39 Å². The zero-order valence-electron chi connectivity index (χ0n) is 8.74. The Balaban J connectivity index is 2.75. The highest BCUT2D eigenvalue weighted by Gasteiger charge is 2.11. The summed E-state index contributed by atoms with van der Waals surface area (Å²) in [5.41, 5.74) is 5.77. The second-order valence-electron chi connectivity index (χ2n) is 3.20. The Kier molecular flexibility index (Phi) is 4.24. The van der Waals surface area contributed by atoms with Crippen LogP contribution < -0.4 is 5.73 Å². The molecule has 1 aromatic rings. The summed E-state index contributed by atoms with van der Waals surface area (Å²) in [6.07, 6.45) is 0. The molecule has 2 N–H and O–H groups in total. The highest BCUT2D eigenvalue weighted by Crippen LogP contribution is 2.09. The molecule has 0 aliphatic heterocycles. The van der Waals surface area contributed by atoms with Gasteiger partial charge in [-0.2, -0.15) is 0 Å². The Bertz CT molecular complexity index is 341. The summed E-state index contributed by atoms with van der Waals surface area (Å²) in [6, 6.07) is 6.43. The lowest BCUT2D eigenvalue weighted by atomic mass is 10.2. The third-order valence-corrected chi connectivity index (χ3v) is 2.23. The van der Waals surface area contributed by atoms with E-state index >= 15 is 0 Å². The molecule has 4 heteroatoms. The molecule has 1 amide bonds. The molecule has 82 valence electrons. The van der Waals surface area contributed by atoms with Gasteiger partial charge in [0.1, 0.15) is 5.82 Å². The number of rotatable bonds is 4. The van der Waals surface area contributed by atoms with Gasteiger partial charge in [0.05, 0.1) is 6.54 Å². The highest BCUT2D eigenvalue weighted by molar-refractivity contribution is 5.77. The number of carbonyl (C=O) groups excluding carboxylic acids is 1. The Morgan fingerprint density at radius 1 is 1.47 bits per heavy atom. The fourth-order valence-corrected chi connectivity index (χ4v) is 1.34. The number of amides is 1. The highest BCUT2D eigenvalue weighted by atomic mass is 19.1. The molecule has 0 heterocycles. The van der Waals surface area contributed by atoms with Gasteiger partial charge in [-0.05, 0) is 13.0 Å². The Morgan fingerprint density at radius 3 is 2.67 bits per heavy atom. The third-order valence-electron chi connectivity index (χ3n) is 2.23. The van der Waals surface area contributed by atoms with Gasteiger partial charge in [0.25, 0.3) is 0 Å². The summed E-state index contributed by atoms with van der Waals surface area (Å²) >= 11 is 0. The fraction of sp³-hybridized carbons (Fsp3) is 0.364. The number of halogens is 1. The molecule has 0 radical (unpaired) electrons. The van der Waals surface area contributed by atoms with Crippen LogP contribution in [0.3, 0.4) is 0 Å². The molecule has 0 atom stereocenters. The van der Waals surface area contributed by atoms with Crippen molar-refractivity contribution in [2.24, 2.45) is 5.73 Å². The Hall–Kier alpha value is -1.42. The minimum atomic E-state index is -0.291. The number of nitrogens with zero attached hydrogens (tertiary/aromatic N) is 1. The van der Waals surface area contributed by atoms with E-state index in [1.165, 1.54) is 11.0 Å². The molecule has 3 nitrogen and oxygen atoms in total. The second kappa shape index (κ2) is 5.46. The van der Waals surface area contributed by atoms with Crippen molar-refractivity contribution in [2.75, 3.05) is 13.1 Å². The molecule has 0 unspecified atom stereocenters. The molecule has 1 aromatic carbocycles. The number of carbonyl (C=O) groups is 1. The average molecular weight is 210 g/mol.